The number of amides is 1. The molecule has 2 aliphatic rings. The lowest BCUT2D eigenvalue weighted by molar-refractivity contribution is 0.0659. The van der Waals surface area contributed by atoms with E-state index < -0.39 is 0 Å². The zero-order valence-corrected chi connectivity index (χ0v) is 23.4. The molecule has 1 aromatic carbocycles. The van der Waals surface area contributed by atoms with Crippen molar-refractivity contribution in [3.8, 4) is 17.1 Å². The highest BCUT2D eigenvalue weighted by molar-refractivity contribution is 5.98. The third kappa shape index (κ3) is 6.66. The molecule has 10 nitrogen and oxygen atoms in total. The minimum Gasteiger partial charge on any atom is -0.490 e. The summed E-state index contributed by atoms with van der Waals surface area (Å²) >= 11 is 0. The number of pyridine rings is 1. The van der Waals surface area contributed by atoms with Crippen molar-refractivity contribution in [2.24, 2.45) is 0 Å². The molecule has 6 rings (SSSR count). The van der Waals surface area contributed by atoms with Gasteiger partial charge in [-0.25, -0.2) is 9.97 Å². The molecular weight excluding hydrogens is 518 g/mol. The van der Waals surface area contributed by atoms with Crippen molar-refractivity contribution in [2.45, 2.75) is 50.7 Å². The van der Waals surface area contributed by atoms with Gasteiger partial charge in [0.2, 0.25) is 5.95 Å². The highest BCUT2D eigenvalue weighted by Crippen LogP contribution is 2.27. The Morgan fingerprint density at radius 3 is 2.54 bits per heavy atom. The average Bonchev–Trinajstić information content (AvgIpc) is 3.40. The number of nitrogens with one attached hydrogen (secondary N) is 2. The number of aromatic amines is 1. The summed E-state index contributed by atoms with van der Waals surface area (Å²) in [5.74, 6) is 1.26. The molecule has 4 aromatic rings. The third-order valence-corrected chi connectivity index (χ3v) is 7.98. The van der Waals surface area contributed by atoms with Crippen molar-refractivity contribution in [2.75, 3.05) is 38.5 Å². The van der Waals surface area contributed by atoms with E-state index in [0.717, 1.165) is 87.0 Å². The molecule has 1 saturated heterocycles. The van der Waals surface area contributed by atoms with Crippen molar-refractivity contribution in [3.05, 3.63) is 60.6 Å². The van der Waals surface area contributed by atoms with E-state index in [0.29, 0.717) is 23.0 Å². The number of rotatable bonds is 6. The van der Waals surface area contributed by atoms with Gasteiger partial charge in [-0.1, -0.05) is 0 Å². The molecule has 1 aliphatic heterocycles. The standard InChI is InChI=1S/C31H37N7O3/c1-37-14-16-38(17-15-37)30(40)29-19-21-18-22(8-9-26(21)35-29)34-31-33-13-11-27(36-31)28-20-25(10-12-32-28)41-24-6-2-4-23(39)5-3-7-24/h8-13,18-20,23-24,35,39H,2-7,14-17H2,1H3,(H,33,34,36)/t23-,24+. The Labute approximate surface area is 239 Å². The predicted octanol–water partition coefficient (Wildman–Crippen LogP) is 4.61. The summed E-state index contributed by atoms with van der Waals surface area (Å²) in [6, 6.07) is 13.4. The first-order valence-electron chi connectivity index (χ1n) is 14.5. The van der Waals surface area contributed by atoms with Gasteiger partial charge < -0.3 is 29.9 Å². The van der Waals surface area contributed by atoms with Gasteiger partial charge in [-0.05, 0) is 82.0 Å². The van der Waals surface area contributed by atoms with E-state index in [-0.39, 0.29) is 18.1 Å². The van der Waals surface area contributed by atoms with Gasteiger partial charge in [0.25, 0.3) is 5.91 Å². The molecule has 10 heteroatoms. The zero-order chi connectivity index (χ0) is 28.2. The van der Waals surface area contributed by atoms with Gasteiger partial charge in [-0.15, -0.1) is 0 Å². The predicted molar refractivity (Wildman–Crippen MR) is 158 cm³/mol. The fourth-order valence-electron chi connectivity index (χ4n) is 5.58. The number of piperazine rings is 1. The first-order chi connectivity index (χ1) is 20.0. The van der Waals surface area contributed by atoms with Crippen LogP contribution in [0.3, 0.4) is 0 Å². The Bertz CT molecular complexity index is 1490. The van der Waals surface area contributed by atoms with Crippen LogP contribution in [0.1, 0.15) is 49.0 Å². The summed E-state index contributed by atoms with van der Waals surface area (Å²) in [5.41, 5.74) is 3.74. The van der Waals surface area contributed by atoms with E-state index in [9.17, 15) is 9.90 Å². The number of H-pyrrole nitrogens is 1. The summed E-state index contributed by atoms with van der Waals surface area (Å²) in [5, 5.41) is 14.1. The van der Waals surface area contributed by atoms with Gasteiger partial charge in [-0.3, -0.25) is 9.78 Å². The van der Waals surface area contributed by atoms with Crippen molar-refractivity contribution in [1.29, 1.82) is 0 Å². The average molecular weight is 556 g/mol. The number of fused-ring (bicyclic) bond motifs is 1. The molecule has 3 N–H and O–H groups in total. The minimum atomic E-state index is -0.178. The maximum atomic E-state index is 13.0. The Hall–Kier alpha value is -4.02. The Morgan fingerprint density at radius 1 is 0.951 bits per heavy atom. The highest BCUT2D eigenvalue weighted by Gasteiger charge is 2.22. The number of nitrogens with zero attached hydrogens (tertiary/aromatic N) is 5. The van der Waals surface area contributed by atoms with Crippen LogP contribution in [0, 0.1) is 0 Å². The number of aromatic nitrogens is 4. The SMILES string of the molecule is CN1CCN(C(=O)c2cc3cc(Nc4nccc(-c5cc(O[C@H]6CCC[C@@H](O)CCC6)ccn5)n4)ccc3[nH]2)CC1. The van der Waals surface area contributed by atoms with Gasteiger partial charge in [0, 0.05) is 61.2 Å². The minimum absolute atomic E-state index is 0.0342. The molecular formula is C31H37N7O3. The number of carbonyl (C=O) groups excluding carboxylic acids is 1. The fraction of sp³-hybridized carbons (Fsp3) is 0.419. The Balaban J connectivity index is 1.13. The van der Waals surface area contributed by atoms with E-state index in [1.165, 1.54) is 0 Å². The quantitative estimate of drug-likeness (QED) is 0.316. The molecule has 1 saturated carbocycles. The van der Waals surface area contributed by atoms with Crippen molar-refractivity contribution >= 4 is 28.4 Å². The topological polar surface area (TPSA) is 120 Å². The number of carbonyl (C=O) groups is 1. The summed E-state index contributed by atoms with van der Waals surface area (Å²) in [6.45, 7) is 3.25. The van der Waals surface area contributed by atoms with Gasteiger partial charge in [0.05, 0.1) is 23.6 Å². The summed E-state index contributed by atoms with van der Waals surface area (Å²) in [7, 11) is 2.08. The van der Waals surface area contributed by atoms with Crippen LogP contribution in [0.15, 0.2) is 54.9 Å². The van der Waals surface area contributed by atoms with E-state index in [1.807, 2.05) is 47.4 Å². The van der Waals surface area contributed by atoms with Crippen LogP contribution in [0.25, 0.3) is 22.3 Å². The first-order valence-corrected chi connectivity index (χ1v) is 14.5. The molecule has 3 aromatic heterocycles. The largest absolute Gasteiger partial charge is 0.490 e. The molecule has 4 heterocycles. The van der Waals surface area contributed by atoms with E-state index in [2.05, 4.69) is 32.2 Å². The van der Waals surface area contributed by atoms with Crippen LogP contribution in [-0.2, 0) is 0 Å². The van der Waals surface area contributed by atoms with E-state index >= 15 is 0 Å². The second-order valence-corrected chi connectivity index (χ2v) is 11.1. The zero-order valence-electron chi connectivity index (χ0n) is 23.4. The number of aliphatic hydroxyl groups is 1. The maximum Gasteiger partial charge on any atom is 0.270 e. The van der Waals surface area contributed by atoms with Crippen LogP contribution in [0.2, 0.25) is 0 Å². The molecule has 41 heavy (non-hydrogen) atoms. The highest BCUT2D eigenvalue weighted by atomic mass is 16.5. The molecule has 0 bridgehead atoms. The van der Waals surface area contributed by atoms with Crippen molar-refractivity contribution < 1.29 is 14.6 Å². The van der Waals surface area contributed by atoms with Gasteiger partial charge in [-0.2, -0.15) is 0 Å². The monoisotopic (exact) mass is 555 g/mol. The lowest BCUT2D eigenvalue weighted by Crippen LogP contribution is -2.47. The lowest BCUT2D eigenvalue weighted by atomic mass is 9.96. The van der Waals surface area contributed by atoms with Crippen LogP contribution in [0.4, 0.5) is 11.6 Å². The maximum absolute atomic E-state index is 13.0. The lowest BCUT2D eigenvalue weighted by Gasteiger charge is -2.32. The molecule has 1 amide bonds. The van der Waals surface area contributed by atoms with E-state index in [4.69, 9.17) is 9.72 Å². The Kier molecular flexibility index (Phi) is 8.11. The summed E-state index contributed by atoms with van der Waals surface area (Å²) in [4.78, 5) is 34.1. The van der Waals surface area contributed by atoms with Crippen molar-refractivity contribution in [3.63, 3.8) is 0 Å². The summed E-state index contributed by atoms with van der Waals surface area (Å²) in [6.07, 6.45) is 8.90. The van der Waals surface area contributed by atoms with Gasteiger partial charge >= 0.3 is 0 Å². The molecule has 214 valence electrons. The number of hydrogen-bond donors (Lipinski definition) is 3. The van der Waals surface area contributed by atoms with Gasteiger partial charge in [0.1, 0.15) is 11.4 Å². The molecule has 0 atom stereocenters. The van der Waals surface area contributed by atoms with Crippen molar-refractivity contribution in [1.82, 2.24) is 29.7 Å². The number of hydrogen-bond acceptors (Lipinski definition) is 8. The second kappa shape index (κ2) is 12.2. The molecule has 0 radical (unpaired) electrons. The van der Waals surface area contributed by atoms with Crippen LogP contribution >= 0.6 is 0 Å². The summed E-state index contributed by atoms with van der Waals surface area (Å²) < 4.78 is 6.30. The number of likely N-dealkylation sites (N-methyl/N-ethyl adjacent to an activating group) is 1. The number of aliphatic hydroxyl groups excluding tert-OH is 1. The first kappa shape index (κ1) is 27.2. The third-order valence-electron chi connectivity index (χ3n) is 7.98. The van der Waals surface area contributed by atoms with E-state index in [1.54, 1.807) is 12.4 Å². The smallest absolute Gasteiger partial charge is 0.270 e. The fourth-order valence-corrected chi connectivity index (χ4v) is 5.58. The normalized spacial score (nSPS) is 20.4. The second-order valence-electron chi connectivity index (χ2n) is 11.1. The van der Waals surface area contributed by atoms with Gasteiger partial charge in [0.15, 0.2) is 0 Å². The number of anilines is 2. The molecule has 2 fully saturated rings. The molecule has 0 unspecified atom stereocenters. The Morgan fingerprint density at radius 2 is 1.73 bits per heavy atom. The number of ether oxygens (including phenoxy) is 1. The van der Waals surface area contributed by atoms with Crippen LogP contribution < -0.4 is 10.1 Å². The number of benzene rings is 1. The van der Waals surface area contributed by atoms with Crippen LogP contribution in [-0.4, -0.2) is 86.2 Å². The molecule has 1 aliphatic carbocycles. The molecule has 0 spiro atoms. The van der Waals surface area contributed by atoms with Crippen LogP contribution in [0.5, 0.6) is 5.75 Å².